The number of rotatable bonds is 11. The quantitative estimate of drug-likeness (QED) is 0.280. The van der Waals surface area contributed by atoms with E-state index in [-0.39, 0.29) is 11.8 Å². The van der Waals surface area contributed by atoms with Crippen molar-refractivity contribution in [3.8, 4) is 0 Å². The zero-order chi connectivity index (χ0) is 30.9. The average Bonchev–Trinajstić information content (AvgIpc) is 2.92. The Labute approximate surface area is 250 Å². The summed E-state index contributed by atoms with van der Waals surface area (Å²) < 4.78 is 5.36. The van der Waals surface area contributed by atoms with E-state index in [4.69, 9.17) is 4.74 Å². The third-order valence-corrected chi connectivity index (χ3v) is 7.03. The molecule has 0 fully saturated rings. The van der Waals surface area contributed by atoms with Gasteiger partial charge in [0.2, 0.25) is 11.8 Å². The van der Waals surface area contributed by atoms with E-state index in [0.29, 0.717) is 19.4 Å². The first-order valence-corrected chi connectivity index (χ1v) is 14.5. The molecule has 0 radical (unpaired) electrons. The largest absolute Gasteiger partial charge is 0.444 e. The lowest BCUT2D eigenvalue weighted by atomic mass is 9.99. The highest BCUT2D eigenvalue weighted by molar-refractivity contribution is 5.93. The Morgan fingerprint density at radius 1 is 0.857 bits per heavy atom. The number of hydrogen-bond acceptors (Lipinski definition) is 4. The Kier molecular flexibility index (Phi) is 10.9. The van der Waals surface area contributed by atoms with Gasteiger partial charge in [0.1, 0.15) is 11.6 Å². The molecule has 0 spiro atoms. The summed E-state index contributed by atoms with van der Waals surface area (Å²) in [4.78, 5) is 42.6. The van der Waals surface area contributed by atoms with Gasteiger partial charge in [-0.25, -0.2) is 4.79 Å². The highest BCUT2D eigenvalue weighted by Crippen LogP contribution is 2.19. The fraction of sp³-hybridized carbons (Fsp3) is 0.400. The molecule has 3 aromatic carbocycles. The molecule has 7 heteroatoms. The van der Waals surface area contributed by atoms with E-state index in [0.717, 1.165) is 28.3 Å². The van der Waals surface area contributed by atoms with Crippen LogP contribution in [0, 0.1) is 0 Å². The van der Waals surface area contributed by atoms with Crippen molar-refractivity contribution in [1.29, 1.82) is 0 Å². The summed E-state index contributed by atoms with van der Waals surface area (Å²) in [6.07, 6.45) is 4.22. The molecule has 0 aliphatic carbocycles. The van der Waals surface area contributed by atoms with Crippen LogP contribution in [0.25, 0.3) is 10.8 Å². The molecule has 3 aromatic rings. The third kappa shape index (κ3) is 10.1. The average molecular weight is 572 g/mol. The van der Waals surface area contributed by atoms with Crippen LogP contribution < -0.4 is 5.32 Å². The second kappa shape index (κ2) is 14.2. The summed E-state index contributed by atoms with van der Waals surface area (Å²) in [7, 11) is 3.46. The molecule has 3 amide bonds. The van der Waals surface area contributed by atoms with Gasteiger partial charge in [-0.05, 0) is 75.4 Å². The van der Waals surface area contributed by atoms with Gasteiger partial charge in [0.15, 0.2) is 0 Å². The van der Waals surface area contributed by atoms with Crippen LogP contribution in [0.1, 0.15) is 52.2 Å². The van der Waals surface area contributed by atoms with Crippen molar-refractivity contribution >= 4 is 28.7 Å². The molecule has 0 saturated carbocycles. The maximum atomic E-state index is 13.8. The standard InChI is InChI=1S/C35H45N3O4/c1-34(2,3)42-33(41)36-35(4,5)22-13-18-31(39)38(7)30(25-27-19-20-28-16-11-12-17-29(28)24-27)32(40)37(6)23-21-26-14-9-8-10-15-26/h8-20,24,30H,21-23,25H2,1-7H3,(H,36,41)/b18-13+. The molecule has 0 aliphatic heterocycles. The molecule has 42 heavy (non-hydrogen) atoms. The fourth-order valence-electron chi connectivity index (χ4n) is 4.64. The summed E-state index contributed by atoms with van der Waals surface area (Å²) in [6, 6.07) is 23.6. The van der Waals surface area contributed by atoms with Crippen LogP contribution in [0.4, 0.5) is 4.79 Å². The number of carbonyl (C=O) groups excluding carboxylic acids is 3. The summed E-state index contributed by atoms with van der Waals surface area (Å²) >= 11 is 0. The van der Waals surface area contributed by atoms with Crippen LogP contribution in [-0.4, -0.2) is 65.5 Å². The van der Waals surface area contributed by atoms with Crippen LogP contribution in [0.2, 0.25) is 0 Å². The van der Waals surface area contributed by atoms with Crippen molar-refractivity contribution in [2.24, 2.45) is 0 Å². The number of nitrogens with zero attached hydrogens (tertiary/aromatic N) is 2. The van der Waals surface area contributed by atoms with Gasteiger partial charge >= 0.3 is 6.09 Å². The highest BCUT2D eigenvalue weighted by Gasteiger charge is 2.29. The first kappa shape index (κ1) is 32.4. The van der Waals surface area contributed by atoms with Crippen molar-refractivity contribution < 1.29 is 19.1 Å². The summed E-state index contributed by atoms with van der Waals surface area (Å²) in [5, 5.41) is 5.06. The lowest BCUT2D eigenvalue weighted by Crippen LogP contribution is -2.49. The molecule has 1 N–H and O–H groups in total. The van der Waals surface area contributed by atoms with Crippen molar-refractivity contribution in [2.75, 3.05) is 20.6 Å². The summed E-state index contributed by atoms with van der Waals surface area (Å²) in [6.45, 7) is 9.69. The van der Waals surface area contributed by atoms with E-state index in [1.165, 1.54) is 11.0 Å². The molecule has 0 heterocycles. The van der Waals surface area contributed by atoms with E-state index in [9.17, 15) is 14.4 Å². The van der Waals surface area contributed by atoms with Gasteiger partial charge in [0.05, 0.1) is 0 Å². The van der Waals surface area contributed by atoms with Gasteiger partial charge in [-0.15, -0.1) is 0 Å². The van der Waals surface area contributed by atoms with Crippen molar-refractivity contribution in [3.63, 3.8) is 0 Å². The molecule has 0 bridgehead atoms. The number of hydrogen-bond donors (Lipinski definition) is 1. The zero-order valence-electron chi connectivity index (χ0n) is 26.0. The minimum atomic E-state index is -0.683. The van der Waals surface area contributed by atoms with Crippen LogP contribution in [0.3, 0.4) is 0 Å². The molecule has 3 rings (SSSR count). The molecule has 0 aromatic heterocycles. The summed E-state index contributed by atoms with van der Waals surface area (Å²) in [5.41, 5.74) is 0.901. The molecule has 1 unspecified atom stereocenters. The predicted octanol–water partition coefficient (Wildman–Crippen LogP) is 6.16. The van der Waals surface area contributed by atoms with Crippen LogP contribution >= 0.6 is 0 Å². The van der Waals surface area contributed by atoms with E-state index < -0.39 is 23.3 Å². The summed E-state index contributed by atoms with van der Waals surface area (Å²) in [5.74, 6) is -0.395. The van der Waals surface area contributed by atoms with E-state index in [1.807, 2.05) is 95.3 Å². The van der Waals surface area contributed by atoms with Gasteiger partial charge in [-0.3, -0.25) is 9.59 Å². The van der Waals surface area contributed by atoms with Crippen molar-refractivity contribution in [2.45, 2.75) is 71.1 Å². The van der Waals surface area contributed by atoms with Crippen LogP contribution in [0.15, 0.2) is 84.9 Å². The van der Waals surface area contributed by atoms with E-state index in [2.05, 4.69) is 17.4 Å². The van der Waals surface area contributed by atoms with Gasteiger partial charge < -0.3 is 19.9 Å². The van der Waals surface area contributed by atoms with E-state index >= 15 is 0 Å². The third-order valence-electron chi connectivity index (χ3n) is 7.03. The Hall–Kier alpha value is -4.13. The Morgan fingerprint density at radius 2 is 1.50 bits per heavy atom. The molecule has 0 saturated heterocycles. The smallest absolute Gasteiger partial charge is 0.408 e. The number of amides is 3. The maximum Gasteiger partial charge on any atom is 0.408 e. The molecular formula is C35H45N3O4. The van der Waals surface area contributed by atoms with Crippen LogP contribution in [-0.2, 0) is 27.2 Å². The number of fused-ring (bicyclic) bond motifs is 1. The van der Waals surface area contributed by atoms with E-state index in [1.54, 1.807) is 25.1 Å². The number of ether oxygens (including phenoxy) is 1. The lowest BCUT2D eigenvalue weighted by molar-refractivity contribution is -0.141. The Balaban J connectivity index is 1.74. The maximum absolute atomic E-state index is 13.8. The topological polar surface area (TPSA) is 79.0 Å². The predicted molar refractivity (Wildman–Crippen MR) is 169 cm³/mol. The van der Waals surface area contributed by atoms with Gasteiger partial charge in [-0.1, -0.05) is 78.9 Å². The number of likely N-dealkylation sites (N-methyl/N-ethyl adjacent to an activating group) is 2. The van der Waals surface area contributed by atoms with Crippen molar-refractivity contribution in [3.05, 3.63) is 96.1 Å². The van der Waals surface area contributed by atoms with Gasteiger partial charge in [0, 0.05) is 32.6 Å². The molecule has 224 valence electrons. The second-order valence-electron chi connectivity index (χ2n) is 12.5. The molecule has 7 nitrogen and oxygen atoms in total. The van der Waals surface area contributed by atoms with Gasteiger partial charge in [0.25, 0.3) is 0 Å². The van der Waals surface area contributed by atoms with Crippen molar-refractivity contribution in [1.82, 2.24) is 15.1 Å². The lowest BCUT2D eigenvalue weighted by Gasteiger charge is -2.31. The number of nitrogens with one attached hydrogen (secondary N) is 1. The highest BCUT2D eigenvalue weighted by atomic mass is 16.6. The Bertz CT molecular complexity index is 1390. The van der Waals surface area contributed by atoms with Crippen LogP contribution in [0.5, 0.6) is 0 Å². The molecule has 1 atom stereocenters. The number of carbonyl (C=O) groups is 3. The number of alkyl carbamates (subject to hydrolysis) is 1. The SMILES string of the molecule is CN(CCc1ccccc1)C(=O)C(Cc1ccc2ccccc2c1)N(C)C(=O)/C=C/CC(C)(C)NC(=O)OC(C)(C)C. The Morgan fingerprint density at radius 3 is 2.17 bits per heavy atom. The first-order valence-electron chi connectivity index (χ1n) is 14.5. The zero-order valence-corrected chi connectivity index (χ0v) is 26.0. The monoisotopic (exact) mass is 571 g/mol. The second-order valence-corrected chi connectivity index (χ2v) is 12.5. The number of benzene rings is 3. The normalized spacial score (nSPS) is 12.6. The molecule has 0 aliphatic rings. The van der Waals surface area contributed by atoms with Gasteiger partial charge in [-0.2, -0.15) is 0 Å². The molecular weight excluding hydrogens is 526 g/mol. The first-order chi connectivity index (χ1) is 19.7. The minimum absolute atomic E-state index is 0.115. The minimum Gasteiger partial charge on any atom is -0.444 e. The fourth-order valence-corrected chi connectivity index (χ4v) is 4.64.